The molecule has 2 heterocycles. The number of hydrogen-bond donors (Lipinski definition) is 1. The summed E-state index contributed by atoms with van der Waals surface area (Å²) >= 11 is 1.41. The molecule has 1 N–H and O–H groups in total. The van der Waals surface area contributed by atoms with Crippen LogP contribution >= 0.6 is 11.3 Å². The molecule has 5 nitrogen and oxygen atoms in total. The van der Waals surface area contributed by atoms with Crippen molar-refractivity contribution in [2.75, 3.05) is 37.6 Å². The molecule has 1 aliphatic heterocycles. The number of anilines is 1. The van der Waals surface area contributed by atoms with Crippen LogP contribution in [-0.2, 0) is 4.79 Å². The summed E-state index contributed by atoms with van der Waals surface area (Å²) in [4.78, 5) is 29.2. The van der Waals surface area contributed by atoms with E-state index in [-0.39, 0.29) is 11.8 Å². The standard InChI is InChI=1S/C20H25N3O2S/c1-15-5-3-6-17(16(15)2)22-10-12-23(13-11-22)19(24)8-9-21-20(25)18-7-4-14-26-18/h3-7,14H,8-13H2,1-2H3,(H,21,25). The first-order chi connectivity index (χ1) is 12.6. The minimum Gasteiger partial charge on any atom is -0.368 e. The first-order valence-electron chi connectivity index (χ1n) is 8.97. The van der Waals surface area contributed by atoms with Gasteiger partial charge in [0.05, 0.1) is 4.88 Å². The average Bonchev–Trinajstić information content (AvgIpc) is 3.19. The fourth-order valence-corrected chi connectivity index (χ4v) is 3.85. The summed E-state index contributed by atoms with van der Waals surface area (Å²) in [6.45, 7) is 7.81. The van der Waals surface area contributed by atoms with Crippen LogP contribution in [0.15, 0.2) is 35.7 Å². The molecule has 1 aliphatic rings. The van der Waals surface area contributed by atoms with Gasteiger partial charge in [0.2, 0.25) is 5.91 Å². The second-order valence-electron chi connectivity index (χ2n) is 6.57. The zero-order valence-corrected chi connectivity index (χ0v) is 16.1. The number of nitrogens with one attached hydrogen (secondary N) is 1. The number of rotatable bonds is 5. The van der Waals surface area contributed by atoms with E-state index in [0.29, 0.717) is 17.8 Å². The van der Waals surface area contributed by atoms with E-state index in [1.807, 2.05) is 16.3 Å². The Bertz CT molecular complexity index is 765. The normalized spacial score (nSPS) is 14.4. The predicted octanol–water partition coefficient (Wildman–Crippen LogP) is 2.83. The fourth-order valence-electron chi connectivity index (χ4n) is 3.21. The van der Waals surface area contributed by atoms with E-state index < -0.39 is 0 Å². The third-order valence-electron chi connectivity index (χ3n) is 4.92. The lowest BCUT2D eigenvalue weighted by Gasteiger charge is -2.37. The quantitative estimate of drug-likeness (QED) is 0.879. The minimum atomic E-state index is -0.104. The highest BCUT2D eigenvalue weighted by Gasteiger charge is 2.22. The van der Waals surface area contributed by atoms with Gasteiger partial charge in [-0.1, -0.05) is 18.2 Å². The number of carbonyl (C=O) groups excluding carboxylic acids is 2. The van der Waals surface area contributed by atoms with Crippen LogP contribution in [0.4, 0.5) is 5.69 Å². The van der Waals surface area contributed by atoms with Crippen molar-refractivity contribution in [1.82, 2.24) is 10.2 Å². The molecule has 1 aromatic heterocycles. The van der Waals surface area contributed by atoms with Crippen molar-refractivity contribution in [2.24, 2.45) is 0 Å². The first-order valence-corrected chi connectivity index (χ1v) is 9.85. The maximum Gasteiger partial charge on any atom is 0.261 e. The largest absolute Gasteiger partial charge is 0.368 e. The first kappa shape index (κ1) is 18.5. The van der Waals surface area contributed by atoms with Crippen molar-refractivity contribution in [2.45, 2.75) is 20.3 Å². The van der Waals surface area contributed by atoms with Gasteiger partial charge in [-0.2, -0.15) is 0 Å². The molecule has 0 aliphatic carbocycles. The number of carbonyl (C=O) groups is 2. The number of amides is 2. The zero-order valence-electron chi connectivity index (χ0n) is 15.3. The van der Waals surface area contributed by atoms with Crippen molar-refractivity contribution in [3.05, 3.63) is 51.7 Å². The van der Waals surface area contributed by atoms with E-state index in [4.69, 9.17) is 0 Å². The van der Waals surface area contributed by atoms with Gasteiger partial charge in [-0.25, -0.2) is 0 Å². The summed E-state index contributed by atoms with van der Waals surface area (Å²) in [7, 11) is 0. The molecule has 1 aromatic carbocycles. The van der Waals surface area contributed by atoms with Gasteiger partial charge in [-0.3, -0.25) is 9.59 Å². The van der Waals surface area contributed by atoms with Gasteiger partial charge in [0.25, 0.3) is 5.91 Å². The van der Waals surface area contributed by atoms with Crippen molar-refractivity contribution in [1.29, 1.82) is 0 Å². The van der Waals surface area contributed by atoms with E-state index in [1.54, 1.807) is 6.07 Å². The fraction of sp³-hybridized carbons (Fsp3) is 0.400. The van der Waals surface area contributed by atoms with Gasteiger partial charge in [-0.05, 0) is 42.5 Å². The lowest BCUT2D eigenvalue weighted by molar-refractivity contribution is -0.131. The van der Waals surface area contributed by atoms with Crippen LogP contribution < -0.4 is 10.2 Å². The molecule has 0 atom stereocenters. The van der Waals surface area contributed by atoms with Gasteiger partial charge in [0.15, 0.2) is 0 Å². The molecule has 3 rings (SSSR count). The molecule has 2 aromatic rings. The Balaban J connectivity index is 1.45. The van der Waals surface area contributed by atoms with E-state index in [9.17, 15) is 9.59 Å². The SMILES string of the molecule is Cc1cccc(N2CCN(C(=O)CCNC(=O)c3cccs3)CC2)c1C. The maximum atomic E-state index is 12.4. The van der Waals surface area contributed by atoms with E-state index in [0.717, 1.165) is 26.2 Å². The summed E-state index contributed by atoms with van der Waals surface area (Å²) in [6.07, 6.45) is 0.348. The van der Waals surface area contributed by atoms with Crippen LogP contribution in [-0.4, -0.2) is 49.4 Å². The van der Waals surface area contributed by atoms with Crippen LogP contribution in [0.3, 0.4) is 0 Å². The van der Waals surface area contributed by atoms with Gasteiger partial charge in [0.1, 0.15) is 0 Å². The van der Waals surface area contributed by atoms with Gasteiger partial charge < -0.3 is 15.1 Å². The lowest BCUT2D eigenvalue weighted by atomic mass is 10.1. The number of thiophene rings is 1. The number of benzene rings is 1. The minimum absolute atomic E-state index is 0.104. The van der Waals surface area contributed by atoms with Crippen LogP contribution in [0.1, 0.15) is 27.2 Å². The van der Waals surface area contributed by atoms with Gasteiger partial charge in [0, 0.05) is 44.8 Å². The Kier molecular flexibility index (Phi) is 5.93. The molecule has 138 valence electrons. The molecule has 1 saturated heterocycles. The number of nitrogens with zero attached hydrogens (tertiary/aromatic N) is 2. The van der Waals surface area contributed by atoms with E-state index in [2.05, 4.69) is 42.3 Å². The Morgan fingerprint density at radius 1 is 1.08 bits per heavy atom. The van der Waals surface area contributed by atoms with Crippen molar-refractivity contribution in [3.63, 3.8) is 0 Å². The topological polar surface area (TPSA) is 52.6 Å². The highest BCUT2D eigenvalue weighted by molar-refractivity contribution is 7.12. The van der Waals surface area contributed by atoms with Gasteiger partial charge in [-0.15, -0.1) is 11.3 Å². The Morgan fingerprint density at radius 3 is 2.54 bits per heavy atom. The molecule has 6 heteroatoms. The van der Waals surface area contributed by atoms with Gasteiger partial charge >= 0.3 is 0 Å². The molecule has 26 heavy (non-hydrogen) atoms. The average molecular weight is 372 g/mol. The Labute approximate surface area is 158 Å². The Hall–Kier alpha value is -2.34. The second kappa shape index (κ2) is 8.36. The lowest BCUT2D eigenvalue weighted by Crippen LogP contribution is -2.49. The van der Waals surface area contributed by atoms with Crippen LogP contribution in [0, 0.1) is 13.8 Å². The van der Waals surface area contributed by atoms with Crippen molar-refractivity contribution in [3.8, 4) is 0 Å². The zero-order chi connectivity index (χ0) is 18.5. The summed E-state index contributed by atoms with van der Waals surface area (Å²) < 4.78 is 0. The van der Waals surface area contributed by atoms with Crippen LogP contribution in [0.5, 0.6) is 0 Å². The molecule has 0 saturated carbocycles. The highest BCUT2D eigenvalue weighted by atomic mass is 32.1. The summed E-state index contributed by atoms with van der Waals surface area (Å²) in [5, 5.41) is 4.69. The Morgan fingerprint density at radius 2 is 1.85 bits per heavy atom. The number of aryl methyl sites for hydroxylation is 1. The number of piperazine rings is 1. The summed E-state index contributed by atoms with van der Waals surface area (Å²) in [6, 6.07) is 10.0. The third-order valence-corrected chi connectivity index (χ3v) is 5.79. The van der Waals surface area contributed by atoms with Crippen LogP contribution in [0.25, 0.3) is 0 Å². The molecule has 1 fully saturated rings. The molecule has 2 amide bonds. The molecular formula is C20H25N3O2S. The van der Waals surface area contributed by atoms with E-state index in [1.165, 1.54) is 28.2 Å². The molecular weight excluding hydrogens is 346 g/mol. The summed E-state index contributed by atoms with van der Waals surface area (Å²) in [5.74, 6) is 0.00429. The molecule has 0 unspecified atom stereocenters. The second-order valence-corrected chi connectivity index (χ2v) is 7.52. The summed E-state index contributed by atoms with van der Waals surface area (Å²) in [5.41, 5.74) is 3.87. The van der Waals surface area contributed by atoms with E-state index >= 15 is 0 Å². The monoisotopic (exact) mass is 371 g/mol. The van der Waals surface area contributed by atoms with Crippen molar-refractivity contribution >= 4 is 28.8 Å². The molecule has 0 radical (unpaired) electrons. The smallest absolute Gasteiger partial charge is 0.261 e. The van der Waals surface area contributed by atoms with Crippen molar-refractivity contribution < 1.29 is 9.59 Å². The maximum absolute atomic E-state index is 12.4. The molecule has 0 bridgehead atoms. The van der Waals surface area contributed by atoms with Crippen LogP contribution in [0.2, 0.25) is 0 Å². The third kappa shape index (κ3) is 4.25. The molecule has 0 spiro atoms. The highest BCUT2D eigenvalue weighted by Crippen LogP contribution is 2.23. The predicted molar refractivity (Wildman–Crippen MR) is 106 cm³/mol. The number of hydrogen-bond acceptors (Lipinski definition) is 4.